The Morgan fingerprint density at radius 3 is 2.38 bits per heavy atom. The van der Waals surface area contributed by atoms with Crippen molar-refractivity contribution in [2.75, 3.05) is 13.2 Å². The maximum atomic E-state index is 6.59. The van der Waals surface area contributed by atoms with Crippen LogP contribution in [0.4, 0.5) is 0 Å². The fourth-order valence-electron chi connectivity index (χ4n) is 2.16. The van der Waals surface area contributed by atoms with Gasteiger partial charge in [-0.05, 0) is 29.3 Å². The Balaban J connectivity index is 2.05. The Labute approximate surface area is 146 Å². The highest BCUT2D eigenvalue weighted by Crippen LogP contribution is 2.44. The van der Waals surface area contributed by atoms with E-state index in [0.717, 1.165) is 15.6 Å². The molecule has 0 aromatic heterocycles. The number of hydrogen-bond donors (Lipinski definition) is 0. The highest BCUT2D eigenvalue weighted by Gasteiger charge is 2.22. The summed E-state index contributed by atoms with van der Waals surface area (Å²) >= 11 is 22.4. The van der Waals surface area contributed by atoms with Crippen molar-refractivity contribution in [3.63, 3.8) is 0 Å². The molecule has 0 amide bonds. The minimum atomic E-state index is -0.443. The van der Waals surface area contributed by atoms with E-state index >= 15 is 0 Å². The van der Waals surface area contributed by atoms with Crippen LogP contribution in [0.15, 0.2) is 34.8 Å². The zero-order chi connectivity index (χ0) is 15.0. The lowest BCUT2D eigenvalue weighted by Crippen LogP contribution is -2.15. The molecule has 2 aromatic rings. The standard InChI is InChI=1S/C15H10BrCl3O2/c16-10-7-13-12(20-4-5-21-13)6-9(10)14(18)8-2-1-3-11(17)15(8)19/h1-3,6-7,14H,4-5H2. The minimum absolute atomic E-state index is 0.443. The zero-order valence-corrected chi connectivity index (χ0v) is 14.6. The van der Waals surface area contributed by atoms with Gasteiger partial charge in [-0.15, -0.1) is 11.6 Å². The lowest BCUT2D eigenvalue weighted by molar-refractivity contribution is 0.171. The van der Waals surface area contributed by atoms with E-state index in [1.54, 1.807) is 6.07 Å². The Morgan fingerprint density at radius 1 is 1.00 bits per heavy atom. The average molecular weight is 409 g/mol. The van der Waals surface area contributed by atoms with Crippen LogP contribution in [0.2, 0.25) is 10.0 Å². The second kappa shape index (κ2) is 6.25. The first kappa shape index (κ1) is 15.3. The Morgan fingerprint density at radius 2 is 1.67 bits per heavy atom. The van der Waals surface area contributed by atoms with Gasteiger partial charge >= 0.3 is 0 Å². The van der Waals surface area contributed by atoms with E-state index in [1.807, 2.05) is 24.3 Å². The molecule has 0 N–H and O–H groups in total. The summed E-state index contributed by atoms with van der Waals surface area (Å²) in [4.78, 5) is 0. The molecule has 0 saturated carbocycles. The van der Waals surface area contributed by atoms with Crippen molar-refractivity contribution in [1.29, 1.82) is 0 Å². The van der Waals surface area contributed by atoms with Crippen molar-refractivity contribution in [3.05, 3.63) is 56.0 Å². The van der Waals surface area contributed by atoms with Crippen molar-refractivity contribution >= 4 is 50.7 Å². The molecule has 0 fully saturated rings. The van der Waals surface area contributed by atoms with E-state index in [1.165, 1.54) is 0 Å². The number of rotatable bonds is 2. The van der Waals surface area contributed by atoms with Crippen molar-refractivity contribution in [3.8, 4) is 11.5 Å². The smallest absolute Gasteiger partial charge is 0.162 e. The van der Waals surface area contributed by atoms with Crippen molar-refractivity contribution in [1.82, 2.24) is 0 Å². The van der Waals surface area contributed by atoms with Gasteiger partial charge in [0.25, 0.3) is 0 Å². The van der Waals surface area contributed by atoms with E-state index < -0.39 is 5.38 Å². The highest BCUT2D eigenvalue weighted by atomic mass is 79.9. The van der Waals surface area contributed by atoms with E-state index in [-0.39, 0.29) is 0 Å². The Hall–Kier alpha value is -0.610. The van der Waals surface area contributed by atoms with Crippen LogP contribution < -0.4 is 9.47 Å². The van der Waals surface area contributed by atoms with Gasteiger partial charge in [-0.25, -0.2) is 0 Å². The minimum Gasteiger partial charge on any atom is -0.486 e. The first-order chi connectivity index (χ1) is 10.1. The van der Waals surface area contributed by atoms with Gasteiger partial charge in [0.2, 0.25) is 0 Å². The monoisotopic (exact) mass is 406 g/mol. The predicted molar refractivity (Wildman–Crippen MR) is 89.3 cm³/mol. The molecule has 2 nitrogen and oxygen atoms in total. The number of hydrogen-bond acceptors (Lipinski definition) is 2. The Kier molecular flexibility index (Phi) is 4.55. The molecule has 1 heterocycles. The van der Waals surface area contributed by atoms with Gasteiger partial charge in [0.05, 0.1) is 15.4 Å². The third-order valence-corrected chi connectivity index (χ3v) is 5.18. The summed E-state index contributed by atoms with van der Waals surface area (Å²) in [7, 11) is 0. The molecule has 1 aliphatic rings. The summed E-state index contributed by atoms with van der Waals surface area (Å²) in [6.45, 7) is 1.07. The Bertz CT molecular complexity index is 691. The van der Waals surface area contributed by atoms with Crippen LogP contribution in [0.1, 0.15) is 16.5 Å². The summed E-state index contributed by atoms with van der Waals surface area (Å²) < 4.78 is 12.0. The van der Waals surface area contributed by atoms with Crippen molar-refractivity contribution in [2.24, 2.45) is 0 Å². The predicted octanol–water partition coefficient (Wildman–Crippen LogP) is 5.86. The molecule has 3 rings (SSSR count). The van der Waals surface area contributed by atoms with Gasteiger partial charge in [0.1, 0.15) is 13.2 Å². The molecule has 0 spiro atoms. The van der Waals surface area contributed by atoms with Crippen molar-refractivity contribution < 1.29 is 9.47 Å². The summed E-state index contributed by atoms with van der Waals surface area (Å²) in [6.07, 6.45) is 0. The number of fused-ring (bicyclic) bond motifs is 1. The first-order valence-corrected chi connectivity index (χ1v) is 8.23. The molecule has 1 atom stereocenters. The molecule has 0 bridgehead atoms. The summed E-state index contributed by atoms with van der Waals surface area (Å²) in [5, 5.41) is 0.496. The molecule has 0 aliphatic carbocycles. The number of alkyl halides is 1. The van der Waals surface area contributed by atoms with Crippen LogP contribution in [0.3, 0.4) is 0 Å². The van der Waals surface area contributed by atoms with Crippen LogP contribution >= 0.6 is 50.7 Å². The lowest BCUT2D eigenvalue weighted by Gasteiger charge is -2.22. The topological polar surface area (TPSA) is 18.5 Å². The largest absolute Gasteiger partial charge is 0.486 e. The number of halogens is 4. The fraction of sp³-hybridized carbons (Fsp3) is 0.200. The van der Waals surface area contributed by atoms with Crippen LogP contribution in [-0.2, 0) is 0 Å². The quantitative estimate of drug-likeness (QED) is 0.580. The summed E-state index contributed by atoms with van der Waals surface area (Å²) in [5.74, 6) is 1.39. The maximum absolute atomic E-state index is 6.59. The van der Waals surface area contributed by atoms with Gasteiger partial charge in [-0.3, -0.25) is 0 Å². The van der Waals surface area contributed by atoms with Gasteiger partial charge < -0.3 is 9.47 Å². The summed E-state index contributed by atoms with van der Waals surface area (Å²) in [6, 6.07) is 9.14. The van der Waals surface area contributed by atoms with Gasteiger partial charge in [0.15, 0.2) is 11.5 Å². The van der Waals surface area contributed by atoms with E-state index in [0.29, 0.717) is 34.8 Å². The third-order valence-electron chi connectivity index (χ3n) is 3.19. The number of ether oxygens (including phenoxy) is 2. The normalized spacial score (nSPS) is 14.9. The molecular weight excluding hydrogens is 398 g/mol. The molecule has 21 heavy (non-hydrogen) atoms. The molecule has 1 unspecified atom stereocenters. The summed E-state index contributed by atoms with van der Waals surface area (Å²) in [5.41, 5.74) is 1.60. The van der Waals surface area contributed by atoms with Gasteiger partial charge in [-0.2, -0.15) is 0 Å². The molecule has 2 aromatic carbocycles. The second-order valence-electron chi connectivity index (χ2n) is 4.52. The lowest BCUT2D eigenvalue weighted by atomic mass is 10.0. The van der Waals surface area contributed by atoms with Gasteiger partial charge in [0, 0.05) is 4.47 Å². The van der Waals surface area contributed by atoms with E-state index in [4.69, 9.17) is 44.3 Å². The van der Waals surface area contributed by atoms with Crippen molar-refractivity contribution in [2.45, 2.75) is 5.38 Å². The molecule has 1 aliphatic heterocycles. The third kappa shape index (κ3) is 2.98. The highest BCUT2D eigenvalue weighted by molar-refractivity contribution is 9.10. The number of benzene rings is 2. The molecule has 110 valence electrons. The molecular formula is C15H10BrCl3O2. The van der Waals surface area contributed by atoms with E-state index in [9.17, 15) is 0 Å². The fourth-order valence-corrected chi connectivity index (χ4v) is 3.68. The van der Waals surface area contributed by atoms with Crippen LogP contribution in [0, 0.1) is 0 Å². The van der Waals surface area contributed by atoms with Crippen LogP contribution in [0.25, 0.3) is 0 Å². The maximum Gasteiger partial charge on any atom is 0.162 e. The zero-order valence-electron chi connectivity index (χ0n) is 10.7. The SMILES string of the molecule is Clc1cccc(C(Cl)c2cc3c(cc2Br)OCCO3)c1Cl. The van der Waals surface area contributed by atoms with Crippen LogP contribution in [-0.4, -0.2) is 13.2 Å². The second-order valence-corrected chi connectivity index (χ2v) is 6.60. The molecule has 0 saturated heterocycles. The first-order valence-electron chi connectivity index (χ1n) is 6.25. The van der Waals surface area contributed by atoms with E-state index in [2.05, 4.69) is 15.9 Å². The van der Waals surface area contributed by atoms with Gasteiger partial charge in [-0.1, -0.05) is 51.3 Å². The average Bonchev–Trinajstić information content (AvgIpc) is 2.48. The molecule has 6 heteroatoms. The molecule has 0 radical (unpaired) electrons. The van der Waals surface area contributed by atoms with Crippen LogP contribution in [0.5, 0.6) is 11.5 Å².